The second-order valence-electron chi connectivity index (χ2n) is 18.6. The number of nitrogens with zero attached hydrogens (tertiary/aromatic N) is 3. The van der Waals surface area contributed by atoms with E-state index in [1.54, 1.807) is 5.57 Å². The molecule has 1 N–H and O–H groups in total. The van der Waals surface area contributed by atoms with Gasteiger partial charge in [-0.25, -0.2) is 9.98 Å². The third-order valence-corrected chi connectivity index (χ3v) is 15.1. The van der Waals surface area contributed by atoms with E-state index in [4.69, 9.17) is 14.7 Å². The highest BCUT2D eigenvalue weighted by molar-refractivity contribution is 6.13. The lowest BCUT2D eigenvalue weighted by Crippen LogP contribution is -2.43. The Kier molecular flexibility index (Phi) is 9.89. The molecule has 0 saturated carbocycles. The van der Waals surface area contributed by atoms with Crippen LogP contribution in [-0.2, 0) is 4.74 Å². The molecule has 2 aliphatic heterocycles. The average Bonchev–Trinajstić information content (AvgIpc) is 3.91. The maximum absolute atomic E-state index is 7.35. The zero-order valence-corrected chi connectivity index (χ0v) is 35.6. The van der Waals surface area contributed by atoms with Gasteiger partial charge in [0.05, 0.1) is 17.3 Å². The third-order valence-electron chi connectivity index (χ3n) is 15.1. The van der Waals surface area contributed by atoms with Crippen molar-refractivity contribution in [3.63, 3.8) is 0 Å². The molecule has 2 aromatic carbocycles. The highest BCUT2D eigenvalue weighted by Gasteiger charge is 2.51. The van der Waals surface area contributed by atoms with Gasteiger partial charge >= 0.3 is 0 Å². The summed E-state index contributed by atoms with van der Waals surface area (Å²) in [6, 6.07) is 19.8. The fourth-order valence-corrected chi connectivity index (χ4v) is 12.1. The van der Waals surface area contributed by atoms with Crippen LogP contribution in [0.4, 0.5) is 0 Å². The summed E-state index contributed by atoms with van der Waals surface area (Å²) < 4.78 is 9.83. The van der Waals surface area contributed by atoms with Gasteiger partial charge in [-0.3, -0.25) is 0 Å². The van der Waals surface area contributed by atoms with Crippen LogP contribution in [0.25, 0.3) is 22.7 Å². The molecule has 12 rings (SSSR count). The van der Waals surface area contributed by atoms with E-state index >= 15 is 0 Å². The summed E-state index contributed by atoms with van der Waals surface area (Å²) in [6.07, 6.45) is 49.9. The minimum atomic E-state index is -0.198. The van der Waals surface area contributed by atoms with Gasteiger partial charge in [0.15, 0.2) is 5.84 Å². The first-order chi connectivity index (χ1) is 30.7. The Morgan fingerprint density at radius 3 is 2.45 bits per heavy atom. The molecule has 0 amide bonds. The Morgan fingerprint density at radius 1 is 0.758 bits per heavy atom. The van der Waals surface area contributed by atoms with Crippen LogP contribution in [0.2, 0.25) is 0 Å². The maximum atomic E-state index is 7.35. The number of hydrogen-bond acceptors (Lipinski definition) is 4. The molecule has 5 heteroatoms. The fraction of sp³-hybridized carbons (Fsp3) is 0.333. The molecule has 310 valence electrons. The number of para-hydroxylation sites is 2. The van der Waals surface area contributed by atoms with Crippen molar-refractivity contribution in [3.05, 3.63) is 190 Å². The van der Waals surface area contributed by atoms with Gasteiger partial charge in [-0.1, -0.05) is 139 Å². The van der Waals surface area contributed by atoms with E-state index in [1.165, 1.54) is 75.0 Å². The summed E-state index contributed by atoms with van der Waals surface area (Å²) in [7, 11) is 0. The van der Waals surface area contributed by atoms with Crippen LogP contribution in [0.1, 0.15) is 88.0 Å². The molecule has 0 spiro atoms. The van der Waals surface area contributed by atoms with Crippen LogP contribution in [0.3, 0.4) is 0 Å². The van der Waals surface area contributed by atoms with Crippen molar-refractivity contribution in [1.82, 2.24) is 9.88 Å². The number of aromatic nitrogens is 1. The van der Waals surface area contributed by atoms with Crippen molar-refractivity contribution < 1.29 is 4.74 Å². The SMILES string of the molecule is C1=CCCC(C2=NC(C3=C(C4CC=CC5OC6c7c(c8ccccc8n7-c7ccccc7)C=CC6C54)C=CC(C4=CC(C5C=CCCC5)=CCC4)C3)NC(C3=CC=CCC3)=N2)=C1. The smallest absolute Gasteiger partial charge is 0.155 e. The number of benzene rings is 2. The Morgan fingerprint density at radius 2 is 1.61 bits per heavy atom. The van der Waals surface area contributed by atoms with Crippen molar-refractivity contribution >= 4 is 28.7 Å². The average molecular weight is 813 g/mol. The molecule has 1 fully saturated rings. The number of hydrogen-bond donors (Lipinski definition) is 1. The summed E-state index contributed by atoms with van der Waals surface area (Å²) in [5.41, 5.74) is 13.5. The first kappa shape index (κ1) is 37.9. The molecule has 0 radical (unpaired) electrons. The Balaban J connectivity index is 0.962. The Hall–Kier alpha value is -5.78. The lowest BCUT2D eigenvalue weighted by atomic mass is 9.66. The van der Waals surface area contributed by atoms with Gasteiger partial charge in [0.25, 0.3) is 0 Å². The predicted molar refractivity (Wildman–Crippen MR) is 255 cm³/mol. The van der Waals surface area contributed by atoms with E-state index in [-0.39, 0.29) is 30.2 Å². The monoisotopic (exact) mass is 812 g/mol. The summed E-state index contributed by atoms with van der Waals surface area (Å²) in [5.74, 6) is 3.59. The molecule has 9 aliphatic rings. The summed E-state index contributed by atoms with van der Waals surface area (Å²) >= 11 is 0. The van der Waals surface area contributed by atoms with E-state index in [1.807, 2.05) is 0 Å². The highest BCUT2D eigenvalue weighted by atomic mass is 16.5. The fourth-order valence-electron chi connectivity index (χ4n) is 12.1. The van der Waals surface area contributed by atoms with Crippen LogP contribution in [0.15, 0.2) is 189 Å². The largest absolute Gasteiger partial charge is 0.364 e. The second-order valence-corrected chi connectivity index (χ2v) is 18.6. The Bertz CT molecular complexity index is 2720. The normalized spacial score (nSPS) is 31.0. The standard InChI is InChI=1S/C57H56N4O/c1-5-17-37(18-6-1)40-23-15-24-41(35-40)42-31-32-44(49(36-42)57-59-55(38-19-7-2-8-20-38)58-56(60-57)39-21-9-3-10-22-39)46-28-16-30-51-52(46)48-34-33-47-45-27-13-14-29-50(45)61(53(47)54(48)62-51)43-25-11-4-12-26-43/h2-5,7,9,11-14,16-17,19,21,23,25-27,29-35,37,42,46,48,51-52,54,57H,1,6,8,10,15,18,20,22,24,28,36H2,(H,58,59,60). The number of nitrogens with one attached hydrogen (secondary N) is 1. The van der Waals surface area contributed by atoms with Crippen molar-refractivity contribution in [1.29, 1.82) is 0 Å². The van der Waals surface area contributed by atoms with E-state index < -0.39 is 0 Å². The number of allylic oxidation sites excluding steroid dienone is 16. The van der Waals surface area contributed by atoms with Crippen LogP contribution < -0.4 is 5.32 Å². The van der Waals surface area contributed by atoms with E-state index in [0.29, 0.717) is 17.8 Å². The van der Waals surface area contributed by atoms with E-state index in [2.05, 4.69) is 162 Å². The molecule has 0 bridgehead atoms. The maximum Gasteiger partial charge on any atom is 0.155 e. The van der Waals surface area contributed by atoms with Crippen molar-refractivity contribution in [3.8, 4) is 5.69 Å². The minimum Gasteiger partial charge on any atom is -0.364 e. The second kappa shape index (κ2) is 16.2. The lowest BCUT2D eigenvalue weighted by molar-refractivity contribution is 0.0481. The van der Waals surface area contributed by atoms with Gasteiger partial charge in [-0.05, 0) is 123 Å². The van der Waals surface area contributed by atoms with Gasteiger partial charge in [-0.15, -0.1) is 0 Å². The van der Waals surface area contributed by atoms with Gasteiger partial charge < -0.3 is 14.6 Å². The van der Waals surface area contributed by atoms with Gasteiger partial charge in [0, 0.05) is 40.3 Å². The van der Waals surface area contributed by atoms with Crippen LogP contribution in [0.5, 0.6) is 0 Å². The molecule has 7 aliphatic carbocycles. The molecular formula is C57H56N4O. The predicted octanol–water partition coefficient (Wildman–Crippen LogP) is 13.1. The molecule has 1 saturated heterocycles. The van der Waals surface area contributed by atoms with Gasteiger partial charge in [0.2, 0.25) is 0 Å². The summed E-state index contributed by atoms with van der Waals surface area (Å²) in [6.45, 7) is 0. The van der Waals surface area contributed by atoms with Crippen molar-refractivity contribution in [2.24, 2.45) is 39.6 Å². The van der Waals surface area contributed by atoms with Gasteiger partial charge in [0.1, 0.15) is 18.1 Å². The molecule has 8 atom stereocenters. The number of aliphatic imine (C=N–C) groups is 2. The Labute approximate surface area is 366 Å². The van der Waals surface area contributed by atoms with Crippen molar-refractivity contribution in [2.45, 2.75) is 89.0 Å². The number of amidine groups is 2. The molecule has 3 aromatic rings. The number of fused-ring (bicyclic) bond motifs is 7. The summed E-state index contributed by atoms with van der Waals surface area (Å²) in [4.78, 5) is 10.9. The lowest BCUT2D eigenvalue weighted by Gasteiger charge is -2.39. The van der Waals surface area contributed by atoms with Crippen molar-refractivity contribution in [2.75, 3.05) is 0 Å². The zero-order valence-electron chi connectivity index (χ0n) is 35.6. The number of ether oxygens (including phenoxy) is 1. The number of rotatable bonds is 7. The van der Waals surface area contributed by atoms with Crippen LogP contribution in [0, 0.1) is 29.6 Å². The zero-order chi connectivity index (χ0) is 41.0. The first-order valence-electron chi connectivity index (χ1n) is 23.6. The third kappa shape index (κ3) is 6.72. The van der Waals surface area contributed by atoms with E-state index in [0.717, 1.165) is 63.0 Å². The first-order valence-corrected chi connectivity index (χ1v) is 23.6. The molecule has 8 unspecified atom stereocenters. The molecule has 3 heterocycles. The summed E-state index contributed by atoms with van der Waals surface area (Å²) in [5, 5.41) is 5.29. The molecular weight excluding hydrogens is 757 g/mol. The van der Waals surface area contributed by atoms with Crippen LogP contribution >= 0.6 is 0 Å². The van der Waals surface area contributed by atoms with E-state index in [9.17, 15) is 0 Å². The molecule has 5 nitrogen and oxygen atoms in total. The highest BCUT2D eigenvalue weighted by Crippen LogP contribution is 2.56. The molecule has 1 aromatic heterocycles. The van der Waals surface area contributed by atoms with Crippen LogP contribution in [-0.4, -0.2) is 28.5 Å². The molecule has 62 heavy (non-hydrogen) atoms. The minimum absolute atomic E-state index is 0.0209. The van der Waals surface area contributed by atoms with Gasteiger partial charge in [-0.2, -0.15) is 0 Å². The quantitative estimate of drug-likeness (QED) is 0.242. The topological polar surface area (TPSA) is 50.9 Å².